The molecule has 0 radical (unpaired) electrons. The summed E-state index contributed by atoms with van der Waals surface area (Å²) < 4.78 is 7.94. The number of ketones is 1. The smallest absolute Gasteiger partial charge is 0.330 e. The summed E-state index contributed by atoms with van der Waals surface area (Å²) in [6.07, 6.45) is 1.45. The Morgan fingerprint density at radius 1 is 1.00 bits per heavy atom. The zero-order valence-corrected chi connectivity index (χ0v) is 17.7. The third-order valence-electron chi connectivity index (χ3n) is 5.52. The van der Waals surface area contributed by atoms with Crippen molar-refractivity contribution in [2.75, 3.05) is 0 Å². The number of hydrogen-bond acceptors (Lipinski definition) is 6. The molecule has 3 aromatic heterocycles. The van der Waals surface area contributed by atoms with Crippen LogP contribution in [0.2, 0.25) is 0 Å². The number of carbonyl (C=O) groups excluding carboxylic acids is 2. The first-order chi connectivity index (χ1) is 16.0. The molecule has 5 aromatic rings. The zero-order valence-electron chi connectivity index (χ0n) is 17.7. The van der Waals surface area contributed by atoms with E-state index in [0.29, 0.717) is 11.3 Å². The summed E-state index contributed by atoms with van der Waals surface area (Å²) in [4.78, 5) is 47.3. The number of benzene rings is 2. The minimum absolute atomic E-state index is 0.124. The van der Waals surface area contributed by atoms with Gasteiger partial charge in [-0.3, -0.25) is 18.7 Å². The van der Waals surface area contributed by atoms with Crippen LogP contribution in [0.4, 0.5) is 0 Å². The molecule has 0 saturated heterocycles. The summed E-state index contributed by atoms with van der Waals surface area (Å²) in [5, 5.41) is 1.92. The topological polar surface area (TPSA) is 126 Å². The van der Waals surface area contributed by atoms with E-state index in [1.165, 1.54) is 15.4 Å². The van der Waals surface area contributed by atoms with Gasteiger partial charge < -0.3 is 10.2 Å². The van der Waals surface area contributed by atoms with E-state index in [0.717, 1.165) is 10.8 Å². The summed E-state index contributed by atoms with van der Waals surface area (Å²) in [6.45, 7) is 1.76. The van der Waals surface area contributed by atoms with Gasteiger partial charge in [0, 0.05) is 12.1 Å². The van der Waals surface area contributed by atoms with Gasteiger partial charge in [0.1, 0.15) is 5.52 Å². The average molecular weight is 441 g/mol. The number of nitrogens with two attached hydrogens (primary N) is 1. The van der Waals surface area contributed by atoms with Gasteiger partial charge in [-0.2, -0.15) is 0 Å². The van der Waals surface area contributed by atoms with Crippen molar-refractivity contribution in [1.29, 1.82) is 0 Å². The molecule has 9 heteroatoms. The molecule has 5 rings (SSSR count). The number of hydrogen-bond donors (Lipinski definition) is 1. The number of aromatic nitrogens is 4. The van der Waals surface area contributed by atoms with Crippen LogP contribution >= 0.6 is 0 Å². The lowest BCUT2D eigenvalue weighted by Crippen LogP contribution is -2.27. The normalized spacial score (nSPS) is 11.3. The largest absolute Gasteiger partial charge is 0.461 e. The molecule has 9 nitrogen and oxygen atoms in total. The molecular weight excluding hydrogens is 422 g/mol. The van der Waals surface area contributed by atoms with E-state index < -0.39 is 11.6 Å². The lowest BCUT2D eigenvalue weighted by molar-refractivity contribution is 0.0966. The van der Waals surface area contributed by atoms with E-state index in [1.807, 2.05) is 30.3 Å². The van der Waals surface area contributed by atoms with Crippen molar-refractivity contribution in [1.82, 2.24) is 19.1 Å². The third-order valence-corrected chi connectivity index (χ3v) is 5.52. The highest BCUT2D eigenvalue weighted by Crippen LogP contribution is 2.23. The van der Waals surface area contributed by atoms with Gasteiger partial charge in [0.2, 0.25) is 0 Å². The molecule has 0 atom stereocenters. The first-order valence-electron chi connectivity index (χ1n) is 10.3. The van der Waals surface area contributed by atoms with E-state index in [9.17, 15) is 14.4 Å². The molecule has 1 amide bonds. The van der Waals surface area contributed by atoms with Crippen molar-refractivity contribution in [3.05, 3.63) is 82.6 Å². The second kappa shape index (κ2) is 7.86. The maximum Gasteiger partial charge on any atom is 0.330 e. The Bertz CT molecular complexity index is 1600. The predicted molar refractivity (Wildman–Crippen MR) is 122 cm³/mol. The van der Waals surface area contributed by atoms with Gasteiger partial charge in [-0.05, 0) is 35.9 Å². The van der Waals surface area contributed by atoms with Crippen molar-refractivity contribution < 1.29 is 14.0 Å². The molecule has 3 heterocycles. The van der Waals surface area contributed by atoms with Gasteiger partial charge in [0.05, 0.1) is 12.8 Å². The van der Waals surface area contributed by atoms with Crippen LogP contribution < -0.4 is 11.4 Å². The molecule has 33 heavy (non-hydrogen) atoms. The molecule has 0 aliphatic carbocycles. The Morgan fingerprint density at radius 2 is 1.79 bits per heavy atom. The highest BCUT2D eigenvalue weighted by Gasteiger charge is 2.25. The molecular formula is C24H19N5O4. The summed E-state index contributed by atoms with van der Waals surface area (Å²) in [5.41, 5.74) is 5.77. The minimum atomic E-state index is -0.838. The Balaban J connectivity index is 1.67. The number of amides is 1. The minimum Gasteiger partial charge on any atom is -0.461 e. The highest BCUT2D eigenvalue weighted by atomic mass is 16.3. The van der Waals surface area contributed by atoms with Crippen LogP contribution in [0.15, 0.2) is 70.1 Å². The zero-order chi connectivity index (χ0) is 23.1. The molecule has 0 aliphatic rings. The van der Waals surface area contributed by atoms with Crippen molar-refractivity contribution in [2.24, 2.45) is 5.73 Å². The number of aryl methyl sites for hydroxylation is 1. The van der Waals surface area contributed by atoms with E-state index in [-0.39, 0.29) is 41.6 Å². The van der Waals surface area contributed by atoms with Crippen LogP contribution in [0.1, 0.15) is 27.8 Å². The quantitative estimate of drug-likeness (QED) is 0.404. The fourth-order valence-electron chi connectivity index (χ4n) is 3.93. The summed E-state index contributed by atoms with van der Waals surface area (Å²) in [6, 6.07) is 16.3. The van der Waals surface area contributed by atoms with Crippen LogP contribution in [0.25, 0.3) is 33.5 Å². The number of fused-ring (bicyclic) bond motifs is 2. The maximum absolute atomic E-state index is 13.2. The molecule has 2 N–H and O–H groups in total. The van der Waals surface area contributed by atoms with Gasteiger partial charge in [0.25, 0.3) is 5.91 Å². The molecule has 0 fully saturated rings. The van der Waals surface area contributed by atoms with E-state index in [2.05, 4.69) is 9.97 Å². The lowest BCUT2D eigenvalue weighted by atomic mass is 10.0. The third kappa shape index (κ3) is 3.39. The first kappa shape index (κ1) is 20.4. The second-order valence-corrected chi connectivity index (χ2v) is 7.51. The van der Waals surface area contributed by atoms with Gasteiger partial charge >= 0.3 is 5.69 Å². The number of nitrogens with zero attached hydrogens (tertiary/aromatic N) is 4. The number of primary amides is 1. The molecule has 0 spiro atoms. The maximum atomic E-state index is 13.2. The Labute approximate surface area is 187 Å². The monoisotopic (exact) mass is 441 g/mol. The lowest BCUT2D eigenvalue weighted by Gasteiger charge is -2.07. The Hall–Kier alpha value is -4.53. The number of furan rings is 1. The fourth-order valence-corrected chi connectivity index (χ4v) is 3.93. The SMILES string of the molecule is CCn1c(=O)n(CC(=O)c2ccc3ccccc3c2)c2c(C(N)=O)nc(-c3ccco3)nc21. The Kier molecular flexibility index (Phi) is 4.86. The van der Waals surface area contributed by atoms with Crippen LogP contribution in [0.3, 0.4) is 0 Å². The van der Waals surface area contributed by atoms with Gasteiger partial charge in [0.15, 0.2) is 28.7 Å². The molecule has 0 saturated carbocycles. The summed E-state index contributed by atoms with van der Waals surface area (Å²) in [7, 11) is 0. The van der Waals surface area contributed by atoms with E-state index in [1.54, 1.807) is 31.2 Å². The van der Waals surface area contributed by atoms with Crippen LogP contribution in [-0.4, -0.2) is 30.8 Å². The highest BCUT2D eigenvalue weighted by molar-refractivity contribution is 6.04. The second-order valence-electron chi connectivity index (χ2n) is 7.51. The first-order valence-corrected chi connectivity index (χ1v) is 10.3. The van der Waals surface area contributed by atoms with Crippen molar-refractivity contribution in [3.63, 3.8) is 0 Å². The van der Waals surface area contributed by atoms with Crippen LogP contribution in [0.5, 0.6) is 0 Å². The molecule has 164 valence electrons. The predicted octanol–water partition coefficient (Wildman–Crippen LogP) is 3.01. The fraction of sp³-hybridized carbons (Fsp3) is 0.125. The number of Topliss-reactive ketones (excluding diaryl/α,β-unsaturated/α-hetero) is 1. The van der Waals surface area contributed by atoms with E-state index in [4.69, 9.17) is 10.2 Å². The summed E-state index contributed by atoms with van der Waals surface area (Å²) in [5.74, 6) is -0.671. The average Bonchev–Trinajstić information content (AvgIpc) is 3.45. The molecule has 0 unspecified atom stereocenters. The number of imidazole rings is 1. The van der Waals surface area contributed by atoms with E-state index >= 15 is 0 Å². The van der Waals surface area contributed by atoms with Gasteiger partial charge in [-0.15, -0.1) is 0 Å². The van der Waals surface area contributed by atoms with Crippen molar-refractivity contribution >= 4 is 33.6 Å². The number of rotatable bonds is 6. The molecule has 0 aliphatic heterocycles. The Morgan fingerprint density at radius 3 is 2.48 bits per heavy atom. The van der Waals surface area contributed by atoms with Gasteiger partial charge in [-0.1, -0.05) is 36.4 Å². The van der Waals surface area contributed by atoms with Crippen molar-refractivity contribution in [3.8, 4) is 11.6 Å². The molecule has 2 aromatic carbocycles. The standard InChI is InChI=1S/C24H19N5O4/c1-2-28-23-20(19(21(25)31)26-22(27-23)18-8-5-11-33-18)29(24(28)32)13-17(30)16-10-9-14-6-3-4-7-15(14)12-16/h3-12H,2,13H2,1H3,(H2,25,31). The van der Waals surface area contributed by atoms with Crippen molar-refractivity contribution in [2.45, 2.75) is 20.0 Å². The summed E-state index contributed by atoms with van der Waals surface area (Å²) >= 11 is 0. The van der Waals surface area contributed by atoms with Gasteiger partial charge in [-0.25, -0.2) is 14.8 Å². The molecule has 0 bridgehead atoms. The number of carbonyl (C=O) groups is 2. The van der Waals surface area contributed by atoms with Crippen LogP contribution in [-0.2, 0) is 13.1 Å². The van der Waals surface area contributed by atoms with Crippen LogP contribution in [0, 0.1) is 0 Å².